The summed E-state index contributed by atoms with van der Waals surface area (Å²) in [6.45, 7) is 8.50. The van der Waals surface area contributed by atoms with Crippen molar-refractivity contribution in [1.29, 1.82) is 0 Å². The molecule has 222 valence electrons. The van der Waals surface area contributed by atoms with Gasteiger partial charge in [0.1, 0.15) is 17.7 Å². The summed E-state index contributed by atoms with van der Waals surface area (Å²) in [5, 5.41) is 12.7. The van der Waals surface area contributed by atoms with Crippen LogP contribution in [0.5, 0.6) is 11.8 Å². The molecule has 42 heavy (non-hydrogen) atoms. The van der Waals surface area contributed by atoms with Crippen LogP contribution in [0.15, 0.2) is 49.1 Å². The molecule has 8 nitrogen and oxygen atoms in total. The fourth-order valence-electron chi connectivity index (χ4n) is 7.04. The summed E-state index contributed by atoms with van der Waals surface area (Å²) in [6.07, 6.45) is 4.27. The zero-order valence-corrected chi connectivity index (χ0v) is 24.5. The van der Waals surface area contributed by atoms with Crippen molar-refractivity contribution < 1.29 is 19.0 Å². The van der Waals surface area contributed by atoms with Crippen LogP contribution in [0.3, 0.4) is 0 Å². The lowest BCUT2D eigenvalue weighted by Gasteiger charge is -2.41. The van der Waals surface area contributed by atoms with E-state index in [9.17, 15) is 14.3 Å². The van der Waals surface area contributed by atoms with Crippen molar-refractivity contribution in [2.24, 2.45) is 0 Å². The topological polar surface area (TPSA) is 82.0 Å². The zero-order valence-electron chi connectivity index (χ0n) is 24.5. The van der Waals surface area contributed by atoms with E-state index in [1.807, 2.05) is 42.3 Å². The molecule has 0 radical (unpaired) electrons. The first-order chi connectivity index (χ1) is 20.3. The molecule has 1 amide bonds. The van der Waals surface area contributed by atoms with Gasteiger partial charge in [-0.05, 0) is 86.5 Å². The molecule has 2 aromatic carbocycles. The number of halogens is 1. The Bertz CT molecular complexity index is 1480. The van der Waals surface area contributed by atoms with Gasteiger partial charge < -0.3 is 24.5 Å². The van der Waals surface area contributed by atoms with Crippen LogP contribution in [-0.4, -0.2) is 88.9 Å². The molecule has 1 N–H and O–H groups in total. The lowest BCUT2D eigenvalue weighted by atomic mass is 9.80. The number of carbonyl (C=O) groups is 1. The predicted octanol–water partition coefficient (Wildman–Crippen LogP) is 4.64. The number of amides is 1. The molecule has 3 aromatic rings. The van der Waals surface area contributed by atoms with Crippen molar-refractivity contribution in [3.63, 3.8) is 0 Å². The van der Waals surface area contributed by atoms with E-state index in [0.717, 1.165) is 46.3 Å². The monoisotopic (exact) mass is 573 g/mol. The van der Waals surface area contributed by atoms with Crippen molar-refractivity contribution in [1.82, 2.24) is 19.8 Å². The Hall–Kier alpha value is -3.72. The van der Waals surface area contributed by atoms with E-state index in [1.165, 1.54) is 6.08 Å². The summed E-state index contributed by atoms with van der Waals surface area (Å²) < 4.78 is 20.1. The Morgan fingerprint density at radius 3 is 2.81 bits per heavy atom. The van der Waals surface area contributed by atoms with Gasteiger partial charge in [-0.15, -0.1) is 0 Å². The summed E-state index contributed by atoms with van der Waals surface area (Å²) in [5.41, 5.74) is 3.24. The highest BCUT2D eigenvalue weighted by Crippen LogP contribution is 2.40. The molecule has 4 atom stereocenters. The van der Waals surface area contributed by atoms with E-state index in [1.54, 1.807) is 0 Å². The number of hydrogen-bond donors (Lipinski definition) is 1. The van der Waals surface area contributed by atoms with Crippen LogP contribution in [0.2, 0.25) is 0 Å². The van der Waals surface area contributed by atoms with E-state index in [2.05, 4.69) is 29.4 Å². The second-order valence-electron chi connectivity index (χ2n) is 12.0. The number of nitrogens with zero attached hydrogens (tertiary/aromatic N) is 5. The number of ether oxygens (including phenoxy) is 1. The molecule has 0 saturated carbocycles. The maximum atomic E-state index is 13.9. The largest absolute Gasteiger partial charge is 0.508 e. The molecule has 3 aliphatic rings. The minimum atomic E-state index is -0.787. The normalized spacial score (nSPS) is 24.5. The molecule has 1 aromatic heterocycles. The van der Waals surface area contributed by atoms with Gasteiger partial charge >= 0.3 is 6.01 Å². The minimum Gasteiger partial charge on any atom is -0.508 e. The average Bonchev–Trinajstić information content (AvgIpc) is 3.31. The van der Waals surface area contributed by atoms with Gasteiger partial charge in [0, 0.05) is 43.8 Å². The van der Waals surface area contributed by atoms with E-state index >= 15 is 0 Å². The Labute approximate surface area is 246 Å². The van der Waals surface area contributed by atoms with Crippen molar-refractivity contribution in [3.8, 4) is 11.8 Å². The average molecular weight is 574 g/mol. The molecule has 2 fully saturated rings. The van der Waals surface area contributed by atoms with E-state index in [4.69, 9.17) is 14.7 Å². The van der Waals surface area contributed by atoms with Crippen LogP contribution in [0.25, 0.3) is 10.8 Å². The highest BCUT2D eigenvalue weighted by atomic mass is 19.1. The number of likely N-dealkylation sites (tertiary alicyclic amines) is 1. The van der Waals surface area contributed by atoms with Crippen molar-refractivity contribution in [2.45, 2.75) is 63.2 Å². The minimum absolute atomic E-state index is 0.0520. The summed E-state index contributed by atoms with van der Waals surface area (Å²) in [7, 11) is 1.96. The van der Waals surface area contributed by atoms with Gasteiger partial charge in [-0.25, -0.2) is 4.39 Å². The molecule has 0 bridgehead atoms. The number of anilines is 1. The summed E-state index contributed by atoms with van der Waals surface area (Å²) in [6, 6.07) is 12.5. The summed E-state index contributed by atoms with van der Waals surface area (Å²) in [4.78, 5) is 28.4. The number of hydrogen-bond acceptors (Lipinski definition) is 7. The van der Waals surface area contributed by atoms with Gasteiger partial charge in [-0.2, -0.15) is 9.97 Å². The molecule has 1 aliphatic carbocycles. The number of rotatable bonds is 7. The Morgan fingerprint density at radius 1 is 1.21 bits per heavy atom. The standard InChI is InChI=1S/C33H40FN5O3/c1-4-31(41)38-12-13-39(21(2)19-38)32-28-10-9-23(29-18-26(40)15-22-7-5-6-8-27(22)29)16-30(28)35-33(36-32)42-14-11-25-17-24(34)20-37(25)3/h4-8,15,18,21,23-25,40H,1,9-14,16-17,19-20H2,2-3H3. The maximum absolute atomic E-state index is 13.9. The van der Waals surface area contributed by atoms with Crippen molar-refractivity contribution in [2.75, 3.05) is 44.7 Å². The number of fused-ring (bicyclic) bond motifs is 2. The number of aromatic nitrogens is 2. The summed E-state index contributed by atoms with van der Waals surface area (Å²) >= 11 is 0. The lowest BCUT2D eigenvalue weighted by molar-refractivity contribution is -0.126. The van der Waals surface area contributed by atoms with Gasteiger partial charge in [-0.1, -0.05) is 30.8 Å². The molecule has 0 spiro atoms. The third-order valence-electron chi connectivity index (χ3n) is 9.26. The maximum Gasteiger partial charge on any atom is 0.318 e. The Kier molecular flexibility index (Phi) is 8.03. The van der Waals surface area contributed by atoms with Crippen LogP contribution in [0.4, 0.5) is 10.2 Å². The van der Waals surface area contributed by atoms with E-state index < -0.39 is 6.17 Å². The van der Waals surface area contributed by atoms with Crippen LogP contribution >= 0.6 is 0 Å². The molecule has 2 aliphatic heterocycles. The molecular weight excluding hydrogens is 533 g/mol. The van der Waals surface area contributed by atoms with Crippen molar-refractivity contribution >= 4 is 22.5 Å². The highest BCUT2D eigenvalue weighted by Gasteiger charge is 2.33. The molecule has 9 heteroatoms. The van der Waals surface area contributed by atoms with Crippen LogP contribution < -0.4 is 9.64 Å². The number of aromatic hydroxyl groups is 1. The first kappa shape index (κ1) is 28.4. The SMILES string of the molecule is C=CC(=O)N1CCN(c2nc(OCCC3CC(F)CN3C)nc3c2CCC(c2cc(O)cc4ccccc24)C3)C(C)C1. The molecule has 2 saturated heterocycles. The fourth-order valence-corrected chi connectivity index (χ4v) is 7.04. The quantitative estimate of drug-likeness (QED) is 0.413. The van der Waals surface area contributed by atoms with Crippen molar-refractivity contribution in [3.05, 3.63) is 65.9 Å². The van der Waals surface area contributed by atoms with Gasteiger partial charge in [0.15, 0.2) is 0 Å². The van der Waals surface area contributed by atoms with E-state index in [0.29, 0.717) is 58.1 Å². The number of phenolic OH excluding ortho intramolecular Hbond substituents is 1. The highest BCUT2D eigenvalue weighted by molar-refractivity contribution is 5.88. The first-order valence-electron chi connectivity index (χ1n) is 15.1. The number of piperazine rings is 1. The predicted molar refractivity (Wildman–Crippen MR) is 162 cm³/mol. The number of benzene rings is 2. The zero-order chi connectivity index (χ0) is 29.4. The molecule has 3 heterocycles. The summed E-state index contributed by atoms with van der Waals surface area (Å²) in [5.74, 6) is 1.30. The molecule has 6 rings (SSSR count). The van der Waals surface area contributed by atoms with Gasteiger partial charge in [0.25, 0.3) is 0 Å². The third kappa shape index (κ3) is 5.67. The van der Waals surface area contributed by atoms with Crippen LogP contribution in [0.1, 0.15) is 48.9 Å². The van der Waals surface area contributed by atoms with Crippen LogP contribution in [-0.2, 0) is 17.6 Å². The van der Waals surface area contributed by atoms with Crippen LogP contribution in [0, 0.1) is 0 Å². The second-order valence-corrected chi connectivity index (χ2v) is 12.0. The smallest absolute Gasteiger partial charge is 0.318 e. The Balaban J connectivity index is 1.30. The number of phenols is 1. The van der Waals surface area contributed by atoms with E-state index in [-0.39, 0.29) is 29.7 Å². The number of carbonyl (C=O) groups excluding carboxylic acids is 1. The first-order valence-corrected chi connectivity index (χ1v) is 15.1. The fraction of sp³-hybridized carbons (Fsp3) is 0.485. The Morgan fingerprint density at radius 2 is 2.05 bits per heavy atom. The molecule has 4 unspecified atom stereocenters. The van der Waals surface area contributed by atoms with Gasteiger partial charge in [-0.3, -0.25) is 4.79 Å². The van der Waals surface area contributed by atoms with Gasteiger partial charge in [0.2, 0.25) is 5.91 Å². The van der Waals surface area contributed by atoms with Gasteiger partial charge in [0.05, 0.1) is 12.3 Å². The third-order valence-corrected chi connectivity index (χ3v) is 9.26. The lowest BCUT2D eigenvalue weighted by Crippen LogP contribution is -2.54. The molecular formula is C33H40FN5O3. The number of alkyl halides is 1. The second kappa shape index (κ2) is 11.9.